The van der Waals surface area contributed by atoms with Crippen molar-refractivity contribution in [3.8, 4) is 0 Å². The molecule has 0 spiro atoms. The highest BCUT2D eigenvalue weighted by Gasteiger charge is 2.35. The molecular formula is C24H26N4O2. The second kappa shape index (κ2) is 8.53. The lowest BCUT2D eigenvalue weighted by Gasteiger charge is -2.17. The fraction of sp³-hybridized carbons (Fsp3) is 0.292. The van der Waals surface area contributed by atoms with E-state index >= 15 is 0 Å². The minimum Gasteiger partial charge on any atom is -0.312 e. The number of anilines is 2. The molecule has 1 aliphatic rings. The Kier molecular flexibility index (Phi) is 5.65. The predicted molar refractivity (Wildman–Crippen MR) is 117 cm³/mol. The van der Waals surface area contributed by atoms with Crippen molar-refractivity contribution in [2.45, 2.75) is 33.2 Å². The lowest BCUT2D eigenvalue weighted by molar-refractivity contribution is -0.122. The third-order valence-electron chi connectivity index (χ3n) is 5.45. The van der Waals surface area contributed by atoms with Gasteiger partial charge in [0.15, 0.2) is 0 Å². The molecule has 0 saturated carbocycles. The molecule has 3 aromatic rings. The molecular weight excluding hydrogens is 376 g/mol. The number of rotatable bonds is 6. The number of amides is 2. The van der Waals surface area contributed by atoms with E-state index in [4.69, 9.17) is 0 Å². The summed E-state index contributed by atoms with van der Waals surface area (Å²) in [5.74, 6) is 0.104. The first kappa shape index (κ1) is 19.9. The van der Waals surface area contributed by atoms with Crippen LogP contribution >= 0.6 is 0 Å². The zero-order valence-corrected chi connectivity index (χ0v) is 17.3. The van der Waals surface area contributed by atoms with Crippen molar-refractivity contribution in [3.63, 3.8) is 0 Å². The van der Waals surface area contributed by atoms with Gasteiger partial charge in [-0.2, -0.15) is 5.10 Å². The zero-order valence-electron chi connectivity index (χ0n) is 17.3. The maximum absolute atomic E-state index is 12.9. The van der Waals surface area contributed by atoms with Gasteiger partial charge < -0.3 is 10.2 Å². The van der Waals surface area contributed by atoms with Crippen LogP contribution in [0.25, 0.3) is 0 Å². The van der Waals surface area contributed by atoms with E-state index in [0.29, 0.717) is 18.9 Å². The minimum absolute atomic E-state index is 0.0163. The average Bonchev–Trinajstić information content (AvgIpc) is 3.31. The molecule has 30 heavy (non-hydrogen) atoms. The number of aryl methyl sites for hydroxylation is 2. The van der Waals surface area contributed by atoms with E-state index in [2.05, 4.69) is 17.3 Å². The molecule has 0 bridgehead atoms. The van der Waals surface area contributed by atoms with E-state index in [1.165, 1.54) is 5.56 Å². The van der Waals surface area contributed by atoms with Crippen LogP contribution in [0.5, 0.6) is 0 Å². The number of nitrogens with zero attached hydrogens (tertiary/aromatic N) is 3. The number of carbonyl (C=O) groups excluding carboxylic acids is 2. The molecule has 6 heteroatoms. The lowest BCUT2D eigenvalue weighted by atomic mass is 10.1. The Morgan fingerprint density at radius 2 is 1.87 bits per heavy atom. The molecule has 1 atom stereocenters. The summed E-state index contributed by atoms with van der Waals surface area (Å²) >= 11 is 0. The van der Waals surface area contributed by atoms with Gasteiger partial charge in [0.25, 0.3) is 0 Å². The van der Waals surface area contributed by atoms with E-state index < -0.39 is 0 Å². The van der Waals surface area contributed by atoms with E-state index in [0.717, 1.165) is 23.4 Å². The summed E-state index contributed by atoms with van der Waals surface area (Å²) in [7, 11) is 0. The maximum Gasteiger partial charge on any atom is 0.230 e. The molecule has 2 amide bonds. The zero-order chi connectivity index (χ0) is 21.1. The number of benzene rings is 2. The van der Waals surface area contributed by atoms with Crippen molar-refractivity contribution < 1.29 is 9.59 Å². The monoisotopic (exact) mass is 402 g/mol. The Balaban J connectivity index is 1.46. The van der Waals surface area contributed by atoms with E-state index in [1.807, 2.05) is 67.6 Å². The summed E-state index contributed by atoms with van der Waals surface area (Å²) in [5.41, 5.74) is 3.98. The van der Waals surface area contributed by atoms with Crippen molar-refractivity contribution in [1.29, 1.82) is 0 Å². The fourth-order valence-electron chi connectivity index (χ4n) is 3.83. The molecule has 0 aliphatic carbocycles. The van der Waals surface area contributed by atoms with Crippen molar-refractivity contribution in [3.05, 3.63) is 77.5 Å². The quantitative estimate of drug-likeness (QED) is 0.682. The summed E-state index contributed by atoms with van der Waals surface area (Å²) in [6, 6.07) is 19.8. The third kappa shape index (κ3) is 4.27. The summed E-state index contributed by atoms with van der Waals surface area (Å²) in [6.45, 7) is 4.95. The van der Waals surface area contributed by atoms with Crippen LogP contribution in [0.1, 0.15) is 30.2 Å². The van der Waals surface area contributed by atoms with Gasteiger partial charge in [0.05, 0.1) is 18.2 Å². The summed E-state index contributed by atoms with van der Waals surface area (Å²) in [4.78, 5) is 27.2. The van der Waals surface area contributed by atoms with Crippen LogP contribution in [0.3, 0.4) is 0 Å². The van der Waals surface area contributed by atoms with Gasteiger partial charge in [-0.1, -0.05) is 49.4 Å². The van der Waals surface area contributed by atoms with Gasteiger partial charge in [-0.25, -0.2) is 4.68 Å². The van der Waals surface area contributed by atoms with Gasteiger partial charge in [0.2, 0.25) is 11.8 Å². The Morgan fingerprint density at radius 1 is 1.10 bits per heavy atom. The minimum atomic E-state index is -0.386. The third-order valence-corrected chi connectivity index (χ3v) is 5.45. The Bertz CT molecular complexity index is 1060. The molecule has 154 valence electrons. The second-order valence-electron chi connectivity index (χ2n) is 7.73. The van der Waals surface area contributed by atoms with Gasteiger partial charge in [0.1, 0.15) is 5.82 Å². The van der Waals surface area contributed by atoms with Crippen LogP contribution in [-0.4, -0.2) is 28.1 Å². The Labute approximate surface area is 176 Å². The molecule has 6 nitrogen and oxygen atoms in total. The first-order valence-electron chi connectivity index (χ1n) is 10.3. The molecule has 1 fully saturated rings. The fourth-order valence-corrected chi connectivity index (χ4v) is 3.83. The first-order chi connectivity index (χ1) is 14.5. The van der Waals surface area contributed by atoms with E-state index in [9.17, 15) is 9.59 Å². The largest absolute Gasteiger partial charge is 0.312 e. The summed E-state index contributed by atoms with van der Waals surface area (Å²) < 4.78 is 1.79. The topological polar surface area (TPSA) is 67.2 Å². The second-order valence-corrected chi connectivity index (χ2v) is 7.73. The maximum atomic E-state index is 12.9. The van der Waals surface area contributed by atoms with E-state index in [1.54, 1.807) is 9.58 Å². The standard InChI is InChI=1S/C24H26N4O2/c1-3-18-10-7-11-21(13-18)27-16-20(14-23(27)29)24(30)25-22-12-17(2)26-28(22)15-19-8-5-4-6-9-19/h4-13,20H,3,14-16H2,1-2H3,(H,25,30). The molecule has 1 N–H and O–H groups in total. The number of carbonyl (C=O) groups is 2. The van der Waals surface area contributed by atoms with Crippen LogP contribution in [0.4, 0.5) is 11.5 Å². The van der Waals surface area contributed by atoms with E-state index in [-0.39, 0.29) is 24.2 Å². The molecule has 2 heterocycles. The van der Waals surface area contributed by atoms with Crippen LogP contribution in [0, 0.1) is 12.8 Å². The van der Waals surface area contributed by atoms with Gasteiger partial charge >= 0.3 is 0 Å². The smallest absolute Gasteiger partial charge is 0.230 e. The molecule has 1 unspecified atom stereocenters. The Morgan fingerprint density at radius 3 is 2.63 bits per heavy atom. The predicted octanol–water partition coefficient (Wildman–Crippen LogP) is 3.79. The lowest BCUT2D eigenvalue weighted by Crippen LogP contribution is -2.28. The normalized spacial score (nSPS) is 16.1. The SMILES string of the molecule is CCc1cccc(N2CC(C(=O)Nc3cc(C)nn3Cc3ccccc3)CC2=O)c1. The van der Waals surface area contributed by atoms with Gasteiger partial charge in [-0.15, -0.1) is 0 Å². The van der Waals surface area contributed by atoms with Crippen LogP contribution in [0.2, 0.25) is 0 Å². The van der Waals surface area contributed by atoms with Gasteiger partial charge in [-0.3, -0.25) is 9.59 Å². The molecule has 1 aliphatic heterocycles. The van der Waals surface area contributed by atoms with Crippen molar-refractivity contribution in [2.24, 2.45) is 5.92 Å². The molecule has 1 aromatic heterocycles. The summed E-state index contributed by atoms with van der Waals surface area (Å²) in [5, 5.41) is 7.50. The van der Waals surface area contributed by atoms with Crippen LogP contribution < -0.4 is 10.2 Å². The summed E-state index contributed by atoms with van der Waals surface area (Å²) in [6.07, 6.45) is 1.12. The van der Waals surface area contributed by atoms with Crippen molar-refractivity contribution in [2.75, 3.05) is 16.8 Å². The highest BCUT2D eigenvalue weighted by molar-refractivity contribution is 6.03. The number of nitrogens with one attached hydrogen (secondary N) is 1. The van der Waals surface area contributed by atoms with Crippen LogP contribution in [-0.2, 0) is 22.6 Å². The highest BCUT2D eigenvalue weighted by atomic mass is 16.2. The number of hydrogen-bond donors (Lipinski definition) is 1. The van der Waals surface area contributed by atoms with Gasteiger partial charge in [-0.05, 0) is 36.6 Å². The highest BCUT2D eigenvalue weighted by Crippen LogP contribution is 2.27. The van der Waals surface area contributed by atoms with Crippen molar-refractivity contribution in [1.82, 2.24) is 9.78 Å². The first-order valence-corrected chi connectivity index (χ1v) is 10.3. The molecule has 0 radical (unpaired) electrons. The van der Waals surface area contributed by atoms with Crippen molar-refractivity contribution >= 4 is 23.3 Å². The number of hydrogen-bond acceptors (Lipinski definition) is 3. The Hall–Kier alpha value is -3.41. The molecule has 1 saturated heterocycles. The molecule has 4 rings (SSSR count). The molecule has 2 aromatic carbocycles. The average molecular weight is 402 g/mol. The van der Waals surface area contributed by atoms with Crippen LogP contribution in [0.15, 0.2) is 60.7 Å². The van der Waals surface area contributed by atoms with Gasteiger partial charge in [0, 0.05) is 24.7 Å². The number of aromatic nitrogens is 2.